The lowest BCUT2D eigenvalue weighted by Gasteiger charge is -2.19. The first-order valence-corrected chi connectivity index (χ1v) is 10.9. The molecule has 8 heteroatoms. The van der Waals surface area contributed by atoms with E-state index in [1.807, 2.05) is 24.3 Å². The quantitative estimate of drug-likeness (QED) is 0.164. The predicted molar refractivity (Wildman–Crippen MR) is 124 cm³/mol. The van der Waals surface area contributed by atoms with Crippen LogP contribution in [-0.2, 0) is 20.7 Å². The molecular formula is C23H27Cl2N3O3. The fourth-order valence-corrected chi connectivity index (χ4v) is 3.41. The van der Waals surface area contributed by atoms with Gasteiger partial charge in [0.25, 0.3) is 0 Å². The molecule has 0 aliphatic carbocycles. The van der Waals surface area contributed by atoms with Gasteiger partial charge in [0.15, 0.2) is 0 Å². The number of hydrogen-bond donors (Lipinski definition) is 2. The molecule has 0 aliphatic rings. The van der Waals surface area contributed by atoms with Crippen LogP contribution in [0.15, 0.2) is 47.6 Å². The highest BCUT2D eigenvalue weighted by Crippen LogP contribution is 2.27. The third kappa shape index (κ3) is 8.59. The zero-order valence-corrected chi connectivity index (χ0v) is 19.0. The van der Waals surface area contributed by atoms with E-state index in [2.05, 4.69) is 10.4 Å². The SMILES string of the molecule is CCOC(=O)CC(NC(=O)CCCCc1ccc(C=NN)cc1)c1ccc(Cl)c(Cl)c1. The van der Waals surface area contributed by atoms with E-state index in [-0.39, 0.29) is 24.9 Å². The third-order valence-corrected chi connectivity index (χ3v) is 5.42. The highest BCUT2D eigenvalue weighted by molar-refractivity contribution is 6.42. The molecule has 1 atom stereocenters. The van der Waals surface area contributed by atoms with Crippen LogP contribution in [0.5, 0.6) is 0 Å². The van der Waals surface area contributed by atoms with Crippen LogP contribution in [0.2, 0.25) is 10.0 Å². The van der Waals surface area contributed by atoms with Gasteiger partial charge in [-0.2, -0.15) is 5.10 Å². The van der Waals surface area contributed by atoms with Crippen LogP contribution in [-0.4, -0.2) is 24.7 Å². The lowest BCUT2D eigenvalue weighted by atomic mass is 10.0. The molecule has 0 fully saturated rings. The summed E-state index contributed by atoms with van der Waals surface area (Å²) in [6, 6.07) is 12.5. The van der Waals surface area contributed by atoms with Crippen molar-refractivity contribution in [3.05, 3.63) is 69.2 Å². The van der Waals surface area contributed by atoms with Crippen LogP contribution in [0.25, 0.3) is 0 Å². The summed E-state index contributed by atoms with van der Waals surface area (Å²) in [4.78, 5) is 24.5. The zero-order valence-electron chi connectivity index (χ0n) is 17.4. The topological polar surface area (TPSA) is 93.8 Å². The number of rotatable bonds is 11. The van der Waals surface area contributed by atoms with E-state index in [1.165, 1.54) is 5.56 Å². The number of amides is 1. The van der Waals surface area contributed by atoms with Gasteiger partial charge < -0.3 is 15.9 Å². The maximum atomic E-state index is 12.5. The van der Waals surface area contributed by atoms with E-state index >= 15 is 0 Å². The molecule has 2 rings (SSSR count). The van der Waals surface area contributed by atoms with Crippen molar-refractivity contribution in [3.63, 3.8) is 0 Å². The van der Waals surface area contributed by atoms with Crippen molar-refractivity contribution in [1.82, 2.24) is 5.32 Å². The van der Waals surface area contributed by atoms with E-state index in [0.29, 0.717) is 22.0 Å². The first-order chi connectivity index (χ1) is 14.9. The van der Waals surface area contributed by atoms with Gasteiger partial charge >= 0.3 is 5.97 Å². The van der Waals surface area contributed by atoms with Gasteiger partial charge in [0.1, 0.15) is 0 Å². The van der Waals surface area contributed by atoms with E-state index in [0.717, 1.165) is 24.8 Å². The average Bonchev–Trinajstić information content (AvgIpc) is 2.74. The number of carbonyl (C=O) groups is 2. The zero-order chi connectivity index (χ0) is 22.6. The average molecular weight is 464 g/mol. The number of carbonyl (C=O) groups excluding carboxylic acids is 2. The van der Waals surface area contributed by atoms with Gasteiger partial charge in [-0.3, -0.25) is 9.59 Å². The van der Waals surface area contributed by atoms with Gasteiger partial charge in [0, 0.05) is 6.42 Å². The Kier molecular flexibility index (Phi) is 10.3. The number of esters is 1. The van der Waals surface area contributed by atoms with E-state index in [9.17, 15) is 9.59 Å². The van der Waals surface area contributed by atoms with Crippen LogP contribution in [0.4, 0.5) is 0 Å². The molecular weight excluding hydrogens is 437 g/mol. The van der Waals surface area contributed by atoms with Crippen molar-refractivity contribution in [2.24, 2.45) is 10.9 Å². The highest BCUT2D eigenvalue weighted by Gasteiger charge is 2.20. The highest BCUT2D eigenvalue weighted by atomic mass is 35.5. The fraction of sp³-hybridized carbons (Fsp3) is 0.348. The maximum absolute atomic E-state index is 12.5. The monoisotopic (exact) mass is 463 g/mol. The summed E-state index contributed by atoms with van der Waals surface area (Å²) >= 11 is 12.1. The van der Waals surface area contributed by atoms with Gasteiger partial charge in [0.05, 0.1) is 35.3 Å². The standard InChI is InChI=1S/C23H27Cl2N3O3/c1-2-31-23(30)14-21(18-11-12-19(24)20(25)13-18)28-22(29)6-4-3-5-16-7-9-17(10-8-16)15-27-26/h7-13,15,21H,2-6,14,26H2,1H3,(H,28,29). The number of hydrazone groups is 1. The smallest absolute Gasteiger partial charge is 0.308 e. The van der Waals surface area contributed by atoms with Crippen LogP contribution in [0, 0.1) is 0 Å². The molecule has 2 aromatic rings. The van der Waals surface area contributed by atoms with Gasteiger partial charge in [-0.05, 0) is 55.0 Å². The van der Waals surface area contributed by atoms with Gasteiger partial charge in [-0.25, -0.2) is 0 Å². The summed E-state index contributed by atoms with van der Waals surface area (Å²) in [5, 5.41) is 7.20. The van der Waals surface area contributed by atoms with Crippen LogP contribution in [0.1, 0.15) is 55.3 Å². The Morgan fingerprint density at radius 1 is 1.13 bits per heavy atom. The number of nitrogens with one attached hydrogen (secondary N) is 1. The Labute approximate surface area is 192 Å². The molecule has 0 radical (unpaired) electrons. The summed E-state index contributed by atoms with van der Waals surface area (Å²) in [7, 11) is 0. The Morgan fingerprint density at radius 2 is 1.87 bits per heavy atom. The van der Waals surface area contributed by atoms with Gasteiger partial charge in [-0.15, -0.1) is 0 Å². The summed E-state index contributed by atoms with van der Waals surface area (Å²) in [6.07, 6.45) is 4.44. The summed E-state index contributed by atoms with van der Waals surface area (Å²) < 4.78 is 5.04. The number of nitrogens with two attached hydrogens (primary N) is 1. The number of aryl methyl sites for hydroxylation is 1. The Balaban J connectivity index is 1.88. The molecule has 6 nitrogen and oxygen atoms in total. The molecule has 0 saturated heterocycles. The maximum Gasteiger partial charge on any atom is 0.308 e. The second-order valence-electron chi connectivity index (χ2n) is 7.03. The molecule has 0 aromatic heterocycles. The predicted octanol–water partition coefficient (Wildman–Crippen LogP) is 4.81. The Hall–Kier alpha value is -2.57. The summed E-state index contributed by atoms with van der Waals surface area (Å²) in [5.41, 5.74) is 2.84. The third-order valence-electron chi connectivity index (χ3n) is 4.68. The van der Waals surface area contributed by atoms with Crippen molar-refractivity contribution in [1.29, 1.82) is 0 Å². The first kappa shape index (κ1) is 24.7. The van der Waals surface area contributed by atoms with E-state index < -0.39 is 6.04 Å². The van der Waals surface area contributed by atoms with Crippen molar-refractivity contribution >= 4 is 41.3 Å². The largest absolute Gasteiger partial charge is 0.466 e. The normalized spacial score (nSPS) is 12.0. The number of nitrogens with zero attached hydrogens (tertiary/aromatic N) is 1. The number of halogens is 2. The molecule has 0 bridgehead atoms. The molecule has 1 amide bonds. The molecule has 0 saturated carbocycles. The molecule has 3 N–H and O–H groups in total. The Morgan fingerprint density at radius 3 is 2.52 bits per heavy atom. The van der Waals surface area contributed by atoms with Crippen LogP contribution >= 0.6 is 23.2 Å². The van der Waals surface area contributed by atoms with Crippen LogP contribution in [0.3, 0.4) is 0 Å². The minimum absolute atomic E-state index is 0.0238. The molecule has 0 spiro atoms. The number of benzene rings is 2. The molecule has 166 valence electrons. The molecule has 0 aliphatic heterocycles. The minimum atomic E-state index is -0.530. The van der Waals surface area contributed by atoms with E-state index in [1.54, 1.807) is 31.3 Å². The lowest BCUT2D eigenvalue weighted by Crippen LogP contribution is -2.30. The van der Waals surface area contributed by atoms with E-state index in [4.69, 9.17) is 33.8 Å². The number of ether oxygens (including phenoxy) is 1. The second-order valence-corrected chi connectivity index (χ2v) is 7.84. The number of hydrogen-bond acceptors (Lipinski definition) is 5. The fourth-order valence-electron chi connectivity index (χ4n) is 3.11. The molecule has 31 heavy (non-hydrogen) atoms. The summed E-state index contributed by atoms with van der Waals surface area (Å²) in [5.74, 6) is 4.63. The minimum Gasteiger partial charge on any atom is -0.466 e. The van der Waals surface area contributed by atoms with Gasteiger partial charge in [0.2, 0.25) is 5.91 Å². The van der Waals surface area contributed by atoms with Crippen LogP contribution < -0.4 is 11.2 Å². The van der Waals surface area contributed by atoms with Crippen molar-refractivity contribution < 1.29 is 14.3 Å². The second kappa shape index (κ2) is 13.0. The first-order valence-electron chi connectivity index (χ1n) is 10.1. The molecule has 1 unspecified atom stereocenters. The van der Waals surface area contributed by atoms with Crippen molar-refractivity contribution in [2.45, 2.75) is 45.1 Å². The van der Waals surface area contributed by atoms with Gasteiger partial charge in [-0.1, -0.05) is 53.5 Å². The van der Waals surface area contributed by atoms with Crippen molar-refractivity contribution in [2.75, 3.05) is 6.61 Å². The van der Waals surface area contributed by atoms with Crippen molar-refractivity contribution in [3.8, 4) is 0 Å². The number of unbranched alkanes of at least 4 members (excludes halogenated alkanes) is 1. The Bertz CT molecular complexity index is 901. The summed E-state index contributed by atoms with van der Waals surface area (Å²) in [6.45, 7) is 2.02. The molecule has 0 heterocycles. The molecule has 2 aromatic carbocycles. The lowest BCUT2D eigenvalue weighted by molar-refractivity contribution is -0.143.